The van der Waals surface area contributed by atoms with Crippen LogP contribution in [0, 0.1) is 0 Å². The fourth-order valence-corrected chi connectivity index (χ4v) is 2.55. The molecule has 0 aliphatic rings. The summed E-state index contributed by atoms with van der Waals surface area (Å²) in [5.41, 5.74) is -0.932. The number of nitrogens with zero attached hydrogens (tertiary/aromatic N) is 1. The first-order chi connectivity index (χ1) is 11.6. The Hall–Kier alpha value is -1.95. The lowest BCUT2D eigenvalue weighted by atomic mass is 10.3. The van der Waals surface area contributed by atoms with Crippen LogP contribution in [0.5, 0.6) is 5.75 Å². The van der Waals surface area contributed by atoms with Gasteiger partial charge in [-0.1, -0.05) is 25.1 Å². The molecule has 3 atom stereocenters. The first kappa shape index (κ1) is 18.4. The molecule has 8 heteroatoms. The van der Waals surface area contributed by atoms with Crippen LogP contribution in [0.25, 0.3) is 0 Å². The summed E-state index contributed by atoms with van der Waals surface area (Å²) in [6.07, 6.45) is 1.43. The molecule has 0 fully saturated rings. The number of hydrogen-bond donors (Lipinski definition) is 1. The number of para-hydroxylation sites is 1. The predicted octanol–water partition coefficient (Wildman–Crippen LogP) is 2.45. The molecular formula is C16H21N2O5P. The third-order valence-electron chi connectivity index (χ3n) is 3.32. The van der Waals surface area contributed by atoms with E-state index in [-0.39, 0.29) is 15.1 Å². The molecule has 0 radical (unpaired) electrons. The Morgan fingerprint density at radius 3 is 2.62 bits per heavy atom. The fourth-order valence-electron chi connectivity index (χ4n) is 2.00. The number of aromatic amines is 1. The number of ether oxygens (including phenoxy) is 1. The minimum absolute atomic E-state index is 0.131. The summed E-state index contributed by atoms with van der Waals surface area (Å²) in [5, 5.41) is 0. The highest BCUT2D eigenvalue weighted by Gasteiger charge is 2.14. The van der Waals surface area contributed by atoms with Crippen LogP contribution in [0.3, 0.4) is 0 Å². The molecule has 0 spiro atoms. The largest absolute Gasteiger partial charge is 0.450 e. The van der Waals surface area contributed by atoms with Crippen LogP contribution in [-0.4, -0.2) is 22.3 Å². The average Bonchev–Trinajstić information content (AvgIpc) is 2.58. The second-order valence-electron chi connectivity index (χ2n) is 5.09. The van der Waals surface area contributed by atoms with Gasteiger partial charge in [0, 0.05) is 12.3 Å². The zero-order valence-electron chi connectivity index (χ0n) is 13.6. The summed E-state index contributed by atoms with van der Waals surface area (Å²) in [6, 6.07) is 10.7. The first-order valence-corrected chi connectivity index (χ1v) is 8.47. The lowest BCUT2D eigenvalue weighted by Crippen LogP contribution is -2.33. The molecule has 130 valence electrons. The molecule has 0 aliphatic carbocycles. The predicted molar refractivity (Wildman–Crippen MR) is 92.5 cm³/mol. The molecule has 7 nitrogen and oxygen atoms in total. The number of rotatable bonds is 9. The van der Waals surface area contributed by atoms with Crippen LogP contribution in [0.15, 0.2) is 52.2 Å². The van der Waals surface area contributed by atoms with Gasteiger partial charge in [0.1, 0.15) is 12.0 Å². The molecule has 0 amide bonds. The van der Waals surface area contributed by atoms with Crippen LogP contribution < -0.4 is 15.8 Å². The van der Waals surface area contributed by atoms with Crippen molar-refractivity contribution in [3.05, 3.63) is 63.4 Å². The van der Waals surface area contributed by atoms with Crippen molar-refractivity contribution in [3.8, 4) is 5.75 Å². The highest BCUT2D eigenvalue weighted by Crippen LogP contribution is 2.22. The van der Waals surface area contributed by atoms with E-state index in [9.17, 15) is 9.59 Å². The van der Waals surface area contributed by atoms with Gasteiger partial charge in [-0.05, 0) is 25.5 Å². The zero-order chi connectivity index (χ0) is 17.4. The van der Waals surface area contributed by atoms with E-state index in [1.54, 1.807) is 6.92 Å². The second kappa shape index (κ2) is 9.37. The van der Waals surface area contributed by atoms with E-state index in [0.29, 0.717) is 6.61 Å². The van der Waals surface area contributed by atoms with Gasteiger partial charge in [-0.3, -0.25) is 14.3 Å². The van der Waals surface area contributed by atoms with Crippen LogP contribution >= 0.6 is 9.03 Å². The van der Waals surface area contributed by atoms with Crippen molar-refractivity contribution < 1.29 is 13.8 Å². The van der Waals surface area contributed by atoms with Gasteiger partial charge in [0.25, 0.3) is 5.56 Å². The summed E-state index contributed by atoms with van der Waals surface area (Å²) in [6.45, 7) is 4.06. The molecule has 2 aromatic rings. The van der Waals surface area contributed by atoms with E-state index >= 15 is 0 Å². The highest BCUT2D eigenvalue weighted by atomic mass is 31.1. The Labute approximate surface area is 141 Å². The van der Waals surface area contributed by atoms with E-state index in [1.165, 1.54) is 16.8 Å². The van der Waals surface area contributed by atoms with E-state index in [1.807, 2.05) is 37.3 Å². The maximum Gasteiger partial charge on any atom is 0.330 e. The van der Waals surface area contributed by atoms with E-state index < -0.39 is 17.5 Å². The first-order valence-electron chi connectivity index (χ1n) is 7.65. The van der Waals surface area contributed by atoms with Crippen LogP contribution in [0.4, 0.5) is 0 Å². The van der Waals surface area contributed by atoms with Gasteiger partial charge in [0.05, 0.1) is 12.7 Å². The minimum atomic E-state index is -0.513. The number of benzene rings is 1. The number of aromatic nitrogens is 2. The van der Waals surface area contributed by atoms with E-state index in [4.69, 9.17) is 13.8 Å². The number of hydrogen-bond acceptors (Lipinski definition) is 5. The number of nitrogens with one attached hydrogen (secondary N) is 1. The maximum atomic E-state index is 11.7. The van der Waals surface area contributed by atoms with E-state index in [2.05, 4.69) is 4.98 Å². The molecule has 0 bridgehead atoms. The number of H-pyrrole nitrogens is 1. The SMILES string of the molecule is CCC(COPOc1ccccc1)OC(C)n1ccc(=O)[nH]c1=O. The van der Waals surface area contributed by atoms with Gasteiger partial charge in [-0.15, -0.1) is 0 Å². The van der Waals surface area contributed by atoms with Gasteiger partial charge < -0.3 is 13.8 Å². The minimum Gasteiger partial charge on any atom is -0.450 e. The lowest BCUT2D eigenvalue weighted by molar-refractivity contribution is -0.0630. The third kappa shape index (κ3) is 5.60. The van der Waals surface area contributed by atoms with Crippen molar-refractivity contribution in [3.63, 3.8) is 0 Å². The molecule has 1 heterocycles. The third-order valence-corrected chi connectivity index (χ3v) is 3.92. The molecule has 3 unspecified atom stereocenters. The topological polar surface area (TPSA) is 82.6 Å². The normalized spacial score (nSPS) is 13.9. The van der Waals surface area contributed by atoms with Gasteiger partial charge in [-0.25, -0.2) is 4.79 Å². The quantitative estimate of drug-likeness (QED) is 0.554. The summed E-state index contributed by atoms with van der Waals surface area (Å²) in [7, 11) is -0.131. The van der Waals surface area contributed by atoms with Crippen LogP contribution in [0.1, 0.15) is 26.5 Å². The molecule has 0 aliphatic heterocycles. The molecular weight excluding hydrogens is 331 g/mol. The monoisotopic (exact) mass is 352 g/mol. The summed E-state index contributed by atoms with van der Waals surface area (Å²) in [4.78, 5) is 25.0. The van der Waals surface area contributed by atoms with Crippen LogP contribution in [-0.2, 0) is 9.26 Å². The average molecular weight is 352 g/mol. The molecule has 0 saturated heterocycles. The molecule has 0 saturated carbocycles. The molecule has 1 N–H and O–H groups in total. The Kier molecular flexibility index (Phi) is 7.18. The Morgan fingerprint density at radius 2 is 1.96 bits per heavy atom. The Morgan fingerprint density at radius 1 is 1.21 bits per heavy atom. The van der Waals surface area contributed by atoms with E-state index in [0.717, 1.165) is 12.2 Å². The van der Waals surface area contributed by atoms with Gasteiger partial charge >= 0.3 is 5.69 Å². The standard InChI is InChI=1S/C16H21N2O5P/c1-3-13(11-21-24-23-14-7-5-4-6-8-14)22-12(2)18-10-9-15(19)17-16(18)20/h4-10,12-13,24H,3,11H2,1-2H3,(H,17,19,20). The highest BCUT2D eigenvalue weighted by molar-refractivity contribution is 7.26. The van der Waals surface area contributed by atoms with Crippen molar-refractivity contribution in [2.45, 2.75) is 32.6 Å². The summed E-state index contributed by atoms with van der Waals surface area (Å²) >= 11 is 0. The lowest BCUT2D eigenvalue weighted by Gasteiger charge is -2.22. The molecule has 2 rings (SSSR count). The van der Waals surface area contributed by atoms with Gasteiger partial charge in [0.2, 0.25) is 9.03 Å². The summed E-state index contributed by atoms with van der Waals surface area (Å²) in [5.74, 6) is 0.748. The Balaban J connectivity index is 1.80. The van der Waals surface area contributed by atoms with Crippen molar-refractivity contribution in [1.82, 2.24) is 9.55 Å². The molecule has 1 aromatic carbocycles. The fraction of sp³-hybridized carbons (Fsp3) is 0.375. The Bertz CT molecular complexity index is 731. The molecule has 24 heavy (non-hydrogen) atoms. The smallest absolute Gasteiger partial charge is 0.330 e. The van der Waals surface area contributed by atoms with Crippen molar-refractivity contribution in [2.75, 3.05) is 6.61 Å². The van der Waals surface area contributed by atoms with Crippen molar-refractivity contribution >= 4 is 9.03 Å². The summed E-state index contributed by atoms with van der Waals surface area (Å²) < 4.78 is 18.1. The van der Waals surface area contributed by atoms with Crippen LogP contribution in [0.2, 0.25) is 0 Å². The van der Waals surface area contributed by atoms with Crippen molar-refractivity contribution in [1.29, 1.82) is 0 Å². The molecule has 1 aromatic heterocycles. The van der Waals surface area contributed by atoms with Gasteiger partial charge in [-0.2, -0.15) is 0 Å². The van der Waals surface area contributed by atoms with Crippen molar-refractivity contribution in [2.24, 2.45) is 0 Å². The zero-order valence-corrected chi connectivity index (χ0v) is 14.6. The maximum absolute atomic E-state index is 11.7. The second-order valence-corrected chi connectivity index (χ2v) is 5.75. The van der Waals surface area contributed by atoms with Gasteiger partial charge in [0.15, 0.2) is 0 Å².